The van der Waals surface area contributed by atoms with Crippen LogP contribution < -0.4 is 0 Å². The predicted octanol–water partition coefficient (Wildman–Crippen LogP) is 6.84. The predicted molar refractivity (Wildman–Crippen MR) is 319 cm³/mol. The molecule has 0 amide bonds. The van der Waals surface area contributed by atoms with E-state index in [0.717, 1.165) is 48.6 Å². The summed E-state index contributed by atoms with van der Waals surface area (Å²) in [4.78, 5) is 101. The molecule has 0 unspecified atom stereocenters. The van der Waals surface area contributed by atoms with E-state index in [1.807, 2.05) is 0 Å². The molecule has 6 fully saturated rings. The fourth-order valence-electron chi connectivity index (χ4n) is 11.2. The largest absolute Gasteiger partial charge is 0.463 e. The molecular formula is C52H80O24Si8. The Morgan fingerprint density at radius 2 is 0.345 bits per heavy atom. The molecule has 0 aliphatic carbocycles. The lowest BCUT2D eigenvalue weighted by Crippen LogP contribution is -2.85. The van der Waals surface area contributed by atoms with E-state index in [9.17, 15) is 38.4 Å². The third-order valence-corrected chi connectivity index (χ3v) is 64.0. The number of carbonyl (C=O) groups is 8. The first kappa shape index (κ1) is 69.9. The van der Waals surface area contributed by atoms with Crippen LogP contribution in [-0.2, 0) is 109 Å². The number of rotatable bonds is 40. The monoisotopic (exact) mass is 1310 g/mol. The van der Waals surface area contributed by atoms with Crippen LogP contribution >= 0.6 is 0 Å². The van der Waals surface area contributed by atoms with Gasteiger partial charge in [-0.25, -0.2) is 38.4 Å². The van der Waals surface area contributed by atoms with E-state index in [1.54, 1.807) is 0 Å². The zero-order valence-electron chi connectivity index (χ0n) is 47.9. The third kappa shape index (κ3) is 20.6. The van der Waals surface area contributed by atoms with Gasteiger partial charge in [0.2, 0.25) is 0 Å². The maximum Gasteiger partial charge on any atom is 0.330 e. The van der Waals surface area contributed by atoms with Crippen molar-refractivity contribution in [1.82, 2.24) is 0 Å². The molecule has 6 saturated heterocycles. The van der Waals surface area contributed by atoms with Crippen LogP contribution in [0, 0.1) is 0 Å². The van der Waals surface area contributed by atoms with E-state index < -0.39 is 116 Å². The van der Waals surface area contributed by atoms with Gasteiger partial charge in [-0.2, -0.15) is 0 Å². The summed E-state index contributed by atoms with van der Waals surface area (Å²) >= 11 is 0. The molecule has 0 N–H and O–H groups in total. The quantitative estimate of drug-likeness (QED) is 0.0199. The van der Waals surface area contributed by atoms with Gasteiger partial charge in [-0.05, 0) is 99.7 Å². The second kappa shape index (κ2) is 32.7. The number of hydrogen-bond donors (Lipinski definition) is 0. The topological polar surface area (TPSA) is 284 Å². The molecule has 6 aliphatic rings. The second-order valence-corrected chi connectivity index (χ2v) is 51.4. The summed E-state index contributed by atoms with van der Waals surface area (Å²) in [5, 5.41) is 0. The normalized spacial score (nSPS) is 28.8. The summed E-state index contributed by atoms with van der Waals surface area (Å²) in [5.74, 6) is -5.20. The van der Waals surface area contributed by atoms with Gasteiger partial charge in [0, 0.05) is 71.3 Å². The molecule has 0 saturated carbocycles. The van der Waals surface area contributed by atoms with Crippen molar-refractivity contribution in [2.75, 3.05) is 52.9 Å². The highest BCUT2D eigenvalue weighted by Crippen LogP contribution is 2.58. The molecule has 24 nitrogen and oxygen atoms in total. The van der Waals surface area contributed by atoms with Crippen LogP contribution in [0.5, 0.6) is 0 Å². The molecule has 8 bridgehead atoms. The van der Waals surface area contributed by atoms with Crippen molar-refractivity contribution in [3.05, 3.63) is 101 Å². The van der Waals surface area contributed by atoms with Crippen LogP contribution in [0.2, 0.25) is 71.0 Å². The van der Waals surface area contributed by atoms with Gasteiger partial charge >= 0.3 is 116 Å². The lowest BCUT2D eigenvalue weighted by atomic mass is 10.5. The first-order valence-electron chi connectivity index (χ1n) is 28.1. The average Bonchev–Trinajstić information content (AvgIpc) is 1.77. The standard InChI is InChI=1S/C52H80O24Si8/c1-9-45(53)61-25-17-33-77-41-78(34-18-26-62-46(54)10-2)70-81(37-21-29-65-49(57)13-5)42-79(69-77,35-19-27-63-47(55)11-3)75-82(38-22-30-66-50(58)14-6)43-80(73-77,36-20-28-64-48(56)12-4)71-83(74-78,39-23-31-67-51(59)15-7)44-84(72-82,76-81)40-24-32-68-52(60)16-8/h9-16H,1-8,17-44H2. The van der Waals surface area contributed by atoms with Crippen LogP contribution in [0.15, 0.2) is 101 Å². The minimum Gasteiger partial charge on any atom is -0.463 e. The number of hydrogen-bond acceptors (Lipinski definition) is 24. The van der Waals surface area contributed by atoms with Gasteiger partial charge in [0.05, 0.1) is 52.9 Å². The Morgan fingerprint density at radius 1 is 0.238 bits per heavy atom. The SMILES string of the molecule is C=CC(=O)OCCC[Si]12C[Si]3(CCCOC(=O)C=C)O[Si]4(CCCOC(=O)C=C)C[Si]5(CCCOC(=O)C=C)O[Si](CCCOC(=O)C=C)(C[Si](CCCOC(=O)C=C)(O1)O4)O[Si](CCCOC(=O)C=C)(C[Si](CCCOC(=O)C=C)(O3)O5)O2. The Morgan fingerprint density at radius 3 is 0.440 bits per heavy atom. The van der Waals surface area contributed by atoms with Gasteiger partial charge in [-0.15, -0.1) is 0 Å². The molecule has 0 aromatic heterocycles. The Labute approximate surface area is 499 Å². The smallest absolute Gasteiger partial charge is 0.330 e. The zero-order valence-corrected chi connectivity index (χ0v) is 55.9. The van der Waals surface area contributed by atoms with Crippen molar-refractivity contribution in [3.63, 3.8) is 0 Å². The van der Waals surface area contributed by atoms with E-state index in [1.165, 1.54) is 0 Å². The summed E-state index contributed by atoms with van der Waals surface area (Å²) < 4.78 is 110. The maximum atomic E-state index is 12.6. The fraction of sp³-hybridized carbons (Fsp3) is 0.538. The fourth-order valence-corrected chi connectivity index (χ4v) is 83.0. The Hall–Kier alpha value is -4.90. The number of carbonyl (C=O) groups excluding carboxylic acids is 8. The van der Waals surface area contributed by atoms with Crippen molar-refractivity contribution in [2.45, 2.75) is 122 Å². The van der Waals surface area contributed by atoms with Gasteiger partial charge in [0.1, 0.15) is 0 Å². The molecule has 0 atom stereocenters. The molecule has 0 radical (unpaired) electrons. The summed E-state index contributed by atoms with van der Waals surface area (Å²) in [7, 11) is -32.7. The second-order valence-electron chi connectivity index (χ2n) is 20.6. The van der Waals surface area contributed by atoms with Gasteiger partial charge in [0.15, 0.2) is 0 Å². The Kier molecular flexibility index (Phi) is 27.2. The summed E-state index contributed by atoms with van der Waals surface area (Å²) in [6, 6.07) is 1.38. The van der Waals surface area contributed by atoms with Crippen LogP contribution in [0.25, 0.3) is 0 Å². The lowest BCUT2D eigenvalue weighted by Gasteiger charge is -2.66. The van der Waals surface area contributed by atoms with Gasteiger partial charge in [-0.3, -0.25) is 0 Å². The van der Waals surface area contributed by atoms with E-state index >= 15 is 0 Å². The lowest BCUT2D eigenvalue weighted by molar-refractivity contribution is -0.138. The average molecular weight is 1310 g/mol. The van der Waals surface area contributed by atoms with Crippen LogP contribution in [0.3, 0.4) is 0 Å². The van der Waals surface area contributed by atoms with E-state index in [4.69, 9.17) is 70.8 Å². The molecule has 6 rings (SSSR count). The van der Waals surface area contributed by atoms with Crippen LogP contribution in [0.1, 0.15) is 51.4 Å². The number of esters is 8. The number of ether oxygens (including phenoxy) is 8. The van der Waals surface area contributed by atoms with Crippen molar-refractivity contribution < 1.29 is 109 Å². The van der Waals surface area contributed by atoms with Gasteiger partial charge in [-0.1, -0.05) is 52.6 Å². The van der Waals surface area contributed by atoms with Gasteiger partial charge in [0.25, 0.3) is 0 Å². The van der Waals surface area contributed by atoms with Crippen molar-refractivity contribution in [1.29, 1.82) is 0 Å². The summed E-state index contributed by atoms with van der Waals surface area (Å²) in [6.45, 7) is 27.9. The molecule has 6 heterocycles. The molecule has 0 spiro atoms. The summed E-state index contributed by atoms with van der Waals surface area (Å²) in [6.07, 6.45) is 10.1. The minimum absolute atomic E-state index is 0.0701. The molecule has 0 aromatic rings. The highest BCUT2D eigenvalue weighted by atomic mass is 28.6. The highest BCUT2D eigenvalue weighted by molar-refractivity contribution is 7.13. The van der Waals surface area contributed by atoms with Crippen LogP contribution in [0.4, 0.5) is 0 Å². The van der Waals surface area contributed by atoms with Gasteiger partial charge < -0.3 is 70.8 Å². The molecular weight excluding hydrogens is 1230 g/mol. The van der Waals surface area contributed by atoms with E-state index in [0.29, 0.717) is 0 Å². The molecule has 0 aromatic carbocycles. The molecule has 32 heteroatoms. The summed E-state index contributed by atoms with van der Waals surface area (Å²) in [5.41, 5.74) is 0.280. The van der Waals surface area contributed by atoms with E-state index in [-0.39, 0.29) is 175 Å². The first-order valence-corrected chi connectivity index (χ1v) is 45.9. The Bertz CT molecular complexity index is 1900. The minimum atomic E-state index is -4.09. The maximum absolute atomic E-state index is 12.6. The first-order chi connectivity index (χ1) is 40.1. The highest BCUT2D eigenvalue weighted by Gasteiger charge is 2.78. The van der Waals surface area contributed by atoms with E-state index in [2.05, 4.69) is 52.6 Å². The zero-order chi connectivity index (χ0) is 61.4. The van der Waals surface area contributed by atoms with Crippen molar-refractivity contribution >= 4 is 116 Å². The Balaban J connectivity index is 1.93. The third-order valence-electron chi connectivity index (χ3n) is 14.0. The van der Waals surface area contributed by atoms with Crippen LogP contribution in [-0.4, -0.2) is 169 Å². The molecule has 84 heavy (non-hydrogen) atoms. The van der Waals surface area contributed by atoms with Crippen molar-refractivity contribution in [2.24, 2.45) is 0 Å². The molecule has 6 aliphatic heterocycles. The van der Waals surface area contributed by atoms with Crippen molar-refractivity contribution in [3.8, 4) is 0 Å². The molecule has 464 valence electrons.